The maximum absolute atomic E-state index is 12.9. The predicted molar refractivity (Wildman–Crippen MR) is 127 cm³/mol. The van der Waals surface area contributed by atoms with Crippen LogP contribution in [0.4, 0.5) is 0 Å². The third-order valence-electron chi connectivity index (χ3n) is 6.00. The highest BCUT2D eigenvalue weighted by Crippen LogP contribution is 2.20. The lowest BCUT2D eigenvalue weighted by atomic mass is 10.0. The molecule has 1 heterocycles. The van der Waals surface area contributed by atoms with E-state index in [0.717, 1.165) is 43.9 Å². The van der Waals surface area contributed by atoms with Crippen molar-refractivity contribution in [2.45, 2.75) is 12.5 Å². The second kappa shape index (κ2) is 10.4. The molecule has 0 aromatic heterocycles. The first-order valence-corrected chi connectivity index (χ1v) is 11.1. The molecular formula is C27H31N3O. The molecule has 0 aliphatic carbocycles. The van der Waals surface area contributed by atoms with E-state index < -0.39 is 0 Å². The summed E-state index contributed by atoms with van der Waals surface area (Å²) in [5.41, 5.74) is 4.55. The Bertz CT molecular complexity index is 949. The van der Waals surface area contributed by atoms with E-state index in [-0.39, 0.29) is 11.9 Å². The van der Waals surface area contributed by atoms with Crippen molar-refractivity contribution in [3.8, 4) is 11.1 Å². The minimum atomic E-state index is 0.000646. The van der Waals surface area contributed by atoms with Crippen LogP contribution in [0, 0.1) is 0 Å². The van der Waals surface area contributed by atoms with Crippen molar-refractivity contribution in [2.24, 2.45) is 0 Å². The highest BCUT2D eigenvalue weighted by molar-refractivity contribution is 5.79. The number of amides is 1. The first-order valence-electron chi connectivity index (χ1n) is 11.1. The van der Waals surface area contributed by atoms with E-state index in [4.69, 9.17) is 0 Å². The maximum Gasteiger partial charge on any atom is 0.224 e. The Labute approximate surface area is 185 Å². The number of carbonyl (C=O) groups excluding carboxylic acids is 1. The summed E-state index contributed by atoms with van der Waals surface area (Å²) >= 11 is 0. The maximum atomic E-state index is 12.9. The molecule has 3 aromatic rings. The first-order chi connectivity index (χ1) is 15.2. The molecule has 3 aromatic carbocycles. The number of hydrogen-bond donors (Lipinski definition) is 1. The van der Waals surface area contributed by atoms with Gasteiger partial charge in [-0.3, -0.25) is 9.69 Å². The van der Waals surface area contributed by atoms with Crippen LogP contribution >= 0.6 is 0 Å². The summed E-state index contributed by atoms with van der Waals surface area (Å²) < 4.78 is 0. The fraction of sp³-hybridized carbons (Fsp3) is 0.296. The van der Waals surface area contributed by atoms with Crippen LogP contribution < -0.4 is 5.32 Å². The van der Waals surface area contributed by atoms with Crippen LogP contribution in [0.1, 0.15) is 17.2 Å². The highest BCUT2D eigenvalue weighted by atomic mass is 16.1. The highest BCUT2D eigenvalue weighted by Gasteiger charge is 2.21. The molecule has 4 nitrogen and oxygen atoms in total. The standard InChI is InChI=1S/C27H31N3O/c1-29-16-18-30(19-17-29)21-26(25-10-6-3-7-11-25)28-27(31)20-22-12-14-24(15-13-22)23-8-4-2-5-9-23/h2-15,26H,16-21H2,1H3,(H,28,31). The third-order valence-corrected chi connectivity index (χ3v) is 6.00. The van der Waals surface area contributed by atoms with Crippen LogP contribution in [-0.4, -0.2) is 55.5 Å². The smallest absolute Gasteiger partial charge is 0.224 e. The molecule has 4 rings (SSSR count). The molecule has 1 aliphatic rings. The molecule has 31 heavy (non-hydrogen) atoms. The van der Waals surface area contributed by atoms with E-state index in [2.05, 4.69) is 70.7 Å². The van der Waals surface area contributed by atoms with Gasteiger partial charge in [-0.05, 0) is 29.3 Å². The van der Waals surface area contributed by atoms with Gasteiger partial charge in [-0.1, -0.05) is 84.9 Å². The van der Waals surface area contributed by atoms with Crippen LogP contribution in [0.3, 0.4) is 0 Å². The predicted octanol–water partition coefficient (Wildman–Crippen LogP) is 4.00. The van der Waals surface area contributed by atoms with Crippen LogP contribution in [0.5, 0.6) is 0 Å². The molecule has 4 heteroatoms. The third kappa shape index (κ3) is 6.03. The van der Waals surface area contributed by atoms with Gasteiger partial charge in [0.2, 0.25) is 5.91 Å². The Morgan fingerprint density at radius 1 is 0.806 bits per heavy atom. The Morgan fingerprint density at radius 3 is 2.03 bits per heavy atom. The number of likely N-dealkylation sites (N-methyl/N-ethyl adjacent to an activating group) is 1. The van der Waals surface area contributed by atoms with E-state index in [1.807, 2.05) is 36.4 Å². The number of hydrogen-bond acceptors (Lipinski definition) is 3. The lowest BCUT2D eigenvalue weighted by molar-refractivity contribution is -0.121. The SMILES string of the molecule is CN1CCN(CC(NC(=O)Cc2ccc(-c3ccccc3)cc2)c2ccccc2)CC1. The van der Waals surface area contributed by atoms with Crippen molar-refractivity contribution in [2.75, 3.05) is 39.8 Å². The van der Waals surface area contributed by atoms with Crippen molar-refractivity contribution < 1.29 is 4.79 Å². The summed E-state index contributed by atoms with van der Waals surface area (Å²) in [6, 6.07) is 28.9. The summed E-state index contributed by atoms with van der Waals surface area (Å²) in [7, 11) is 2.16. The van der Waals surface area contributed by atoms with Crippen molar-refractivity contribution in [3.63, 3.8) is 0 Å². The van der Waals surface area contributed by atoms with Gasteiger partial charge in [0.15, 0.2) is 0 Å². The zero-order valence-electron chi connectivity index (χ0n) is 18.2. The van der Waals surface area contributed by atoms with E-state index in [0.29, 0.717) is 6.42 Å². The first kappa shape index (κ1) is 21.3. The second-order valence-electron chi connectivity index (χ2n) is 8.37. The average Bonchev–Trinajstić information content (AvgIpc) is 2.82. The lowest BCUT2D eigenvalue weighted by Crippen LogP contribution is -2.48. The van der Waals surface area contributed by atoms with Crippen LogP contribution in [0.2, 0.25) is 0 Å². The van der Waals surface area contributed by atoms with E-state index in [1.165, 1.54) is 11.1 Å². The van der Waals surface area contributed by atoms with Gasteiger partial charge in [-0.2, -0.15) is 0 Å². The van der Waals surface area contributed by atoms with Crippen molar-refractivity contribution in [1.82, 2.24) is 15.1 Å². The topological polar surface area (TPSA) is 35.6 Å². The van der Waals surface area contributed by atoms with Gasteiger partial charge in [0, 0.05) is 32.7 Å². The number of nitrogens with one attached hydrogen (secondary N) is 1. The molecule has 1 saturated heterocycles. The van der Waals surface area contributed by atoms with Gasteiger partial charge in [0.25, 0.3) is 0 Å². The summed E-state index contributed by atoms with van der Waals surface area (Å²) in [5.74, 6) is 0.0652. The number of piperazine rings is 1. The Morgan fingerprint density at radius 2 is 1.39 bits per heavy atom. The van der Waals surface area contributed by atoms with Crippen LogP contribution in [0.15, 0.2) is 84.9 Å². The van der Waals surface area contributed by atoms with Gasteiger partial charge >= 0.3 is 0 Å². The molecule has 160 valence electrons. The summed E-state index contributed by atoms with van der Waals surface area (Å²) in [6.45, 7) is 5.07. The minimum absolute atomic E-state index is 0.000646. The van der Waals surface area contributed by atoms with Gasteiger partial charge in [-0.25, -0.2) is 0 Å². The lowest BCUT2D eigenvalue weighted by Gasteiger charge is -2.35. The summed E-state index contributed by atoms with van der Waals surface area (Å²) in [6.07, 6.45) is 0.390. The van der Waals surface area contributed by atoms with Gasteiger partial charge in [-0.15, -0.1) is 0 Å². The number of benzene rings is 3. The second-order valence-corrected chi connectivity index (χ2v) is 8.37. The molecular weight excluding hydrogens is 382 g/mol. The molecule has 1 N–H and O–H groups in total. The molecule has 0 spiro atoms. The quantitative estimate of drug-likeness (QED) is 0.636. The molecule has 1 unspecified atom stereocenters. The fourth-order valence-electron chi connectivity index (χ4n) is 4.08. The summed E-state index contributed by atoms with van der Waals surface area (Å²) in [4.78, 5) is 17.7. The number of rotatable bonds is 7. The largest absolute Gasteiger partial charge is 0.348 e. The molecule has 1 aliphatic heterocycles. The van der Waals surface area contributed by atoms with Crippen LogP contribution in [0.25, 0.3) is 11.1 Å². The molecule has 0 saturated carbocycles. The molecule has 0 bridgehead atoms. The molecule has 1 amide bonds. The number of nitrogens with zero attached hydrogens (tertiary/aromatic N) is 2. The van der Waals surface area contributed by atoms with Gasteiger partial charge in [0.1, 0.15) is 0 Å². The van der Waals surface area contributed by atoms with Gasteiger partial charge < -0.3 is 10.2 Å². The minimum Gasteiger partial charge on any atom is -0.348 e. The Balaban J connectivity index is 1.40. The molecule has 1 atom stereocenters. The fourth-order valence-corrected chi connectivity index (χ4v) is 4.08. The molecule has 1 fully saturated rings. The van der Waals surface area contributed by atoms with E-state index in [9.17, 15) is 4.79 Å². The van der Waals surface area contributed by atoms with Crippen molar-refractivity contribution in [1.29, 1.82) is 0 Å². The van der Waals surface area contributed by atoms with Crippen molar-refractivity contribution >= 4 is 5.91 Å². The number of carbonyl (C=O) groups is 1. The normalized spacial score (nSPS) is 16.0. The Kier molecular flexibility index (Phi) is 7.13. The average molecular weight is 414 g/mol. The molecule has 0 radical (unpaired) electrons. The van der Waals surface area contributed by atoms with E-state index in [1.54, 1.807) is 0 Å². The van der Waals surface area contributed by atoms with Gasteiger partial charge in [0.05, 0.1) is 12.5 Å². The van der Waals surface area contributed by atoms with Crippen LogP contribution in [-0.2, 0) is 11.2 Å². The zero-order chi connectivity index (χ0) is 21.5. The van der Waals surface area contributed by atoms with E-state index >= 15 is 0 Å². The Hall–Kier alpha value is -2.95. The zero-order valence-corrected chi connectivity index (χ0v) is 18.2. The monoisotopic (exact) mass is 413 g/mol. The summed E-state index contributed by atoms with van der Waals surface area (Å²) in [5, 5.41) is 3.29. The van der Waals surface area contributed by atoms with Crippen molar-refractivity contribution in [3.05, 3.63) is 96.1 Å².